The van der Waals surface area contributed by atoms with Gasteiger partial charge in [-0.05, 0) is 33.2 Å². The summed E-state index contributed by atoms with van der Waals surface area (Å²) in [4.78, 5) is 2.90. The van der Waals surface area contributed by atoms with Crippen LogP contribution in [0.3, 0.4) is 0 Å². The highest BCUT2D eigenvalue weighted by molar-refractivity contribution is 5.01. The Balaban J connectivity index is 1.78. The van der Waals surface area contributed by atoms with Gasteiger partial charge in [-0.3, -0.25) is 0 Å². The molecule has 0 aromatic rings. The van der Waals surface area contributed by atoms with E-state index in [2.05, 4.69) is 10.0 Å². The normalized spacial score (nSPS) is 45.1. The highest BCUT2D eigenvalue weighted by Gasteiger charge is 2.57. The van der Waals surface area contributed by atoms with E-state index >= 15 is 0 Å². The fraction of sp³-hybridized carbons (Fsp3) is 1.00. The quantitative estimate of drug-likeness (QED) is 0.437. The maximum Gasteiger partial charge on any atom is 0.188 e. The molecular weight excluding hydrogens is 266 g/mol. The van der Waals surface area contributed by atoms with E-state index in [1.54, 1.807) is 13.8 Å². The van der Waals surface area contributed by atoms with Gasteiger partial charge in [-0.25, -0.2) is 0 Å². The van der Waals surface area contributed by atoms with Crippen molar-refractivity contribution in [1.82, 2.24) is 0 Å². The van der Waals surface area contributed by atoms with Crippen molar-refractivity contribution in [2.24, 2.45) is 5.11 Å². The summed E-state index contributed by atoms with van der Waals surface area (Å²) in [6, 6.07) is -0.491. The molecule has 0 aromatic carbocycles. The molecule has 112 valence electrons. The van der Waals surface area contributed by atoms with E-state index in [-0.39, 0.29) is 6.10 Å². The van der Waals surface area contributed by atoms with Crippen LogP contribution in [0.5, 0.6) is 0 Å². The van der Waals surface area contributed by atoms with E-state index in [0.29, 0.717) is 6.61 Å². The number of nitrogens with zero attached hydrogens (tertiary/aromatic N) is 3. The molecule has 0 unspecified atom stereocenters. The van der Waals surface area contributed by atoms with Crippen LogP contribution < -0.4 is 0 Å². The van der Waals surface area contributed by atoms with Gasteiger partial charge in [0.1, 0.15) is 18.3 Å². The predicted molar refractivity (Wildman–Crippen MR) is 66.5 cm³/mol. The van der Waals surface area contributed by atoms with Crippen LogP contribution in [0, 0.1) is 0 Å². The SMILES string of the molecule is CC1(C)O[C@@H]2O[C@@H]([C@@H]3COC(C)(C)O3)[C@@H](N=[N+]=[N-])[C@H]2O1. The second-order valence-electron chi connectivity index (χ2n) is 6.13. The van der Waals surface area contributed by atoms with Crippen LogP contribution in [0.4, 0.5) is 0 Å². The Bertz CT molecular complexity index is 448. The molecule has 3 aliphatic rings. The lowest BCUT2D eigenvalue weighted by Crippen LogP contribution is -2.41. The zero-order valence-electron chi connectivity index (χ0n) is 12.0. The van der Waals surface area contributed by atoms with Crippen LogP contribution in [0.1, 0.15) is 27.7 Å². The first-order valence-corrected chi connectivity index (χ1v) is 6.68. The third kappa shape index (κ3) is 2.39. The monoisotopic (exact) mass is 285 g/mol. The molecule has 0 aliphatic carbocycles. The Kier molecular flexibility index (Phi) is 3.20. The summed E-state index contributed by atoms with van der Waals surface area (Å²) in [5, 5.41) is 3.82. The molecule has 3 aliphatic heterocycles. The van der Waals surface area contributed by atoms with E-state index < -0.39 is 36.1 Å². The highest BCUT2D eigenvalue weighted by atomic mass is 16.8. The molecule has 3 heterocycles. The van der Waals surface area contributed by atoms with Crippen LogP contribution in [0.25, 0.3) is 10.4 Å². The standard InChI is InChI=1S/C12H19N3O5/c1-11(2)16-5-6(18-11)8-7(14-15-13)9-10(17-8)20-12(3,4)19-9/h6-10H,5H2,1-4H3/t6-,7+,8-,9+,10-/m0/s1. The van der Waals surface area contributed by atoms with Gasteiger partial charge in [-0.1, -0.05) is 5.11 Å². The van der Waals surface area contributed by atoms with Crippen LogP contribution in [-0.2, 0) is 23.7 Å². The molecule has 3 fully saturated rings. The van der Waals surface area contributed by atoms with Gasteiger partial charge in [-0.2, -0.15) is 0 Å². The van der Waals surface area contributed by atoms with Gasteiger partial charge in [0, 0.05) is 4.91 Å². The number of hydrogen-bond donors (Lipinski definition) is 0. The molecule has 3 saturated heterocycles. The molecule has 0 radical (unpaired) electrons. The number of fused-ring (bicyclic) bond motifs is 1. The van der Waals surface area contributed by atoms with Crippen molar-refractivity contribution < 1.29 is 23.7 Å². The first kappa shape index (κ1) is 14.1. The lowest BCUT2D eigenvalue weighted by Gasteiger charge is -2.26. The van der Waals surface area contributed by atoms with E-state index in [4.69, 9.17) is 29.2 Å². The Labute approximate surface area is 116 Å². The van der Waals surface area contributed by atoms with Crippen molar-refractivity contribution in [2.75, 3.05) is 6.61 Å². The van der Waals surface area contributed by atoms with Gasteiger partial charge in [0.05, 0.1) is 12.6 Å². The zero-order chi connectivity index (χ0) is 14.5. The van der Waals surface area contributed by atoms with E-state index in [9.17, 15) is 0 Å². The van der Waals surface area contributed by atoms with E-state index in [1.165, 1.54) is 0 Å². The van der Waals surface area contributed by atoms with Crippen molar-refractivity contribution >= 4 is 0 Å². The molecule has 0 spiro atoms. The van der Waals surface area contributed by atoms with Gasteiger partial charge in [0.15, 0.2) is 17.9 Å². The Morgan fingerprint density at radius 2 is 1.80 bits per heavy atom. The van der Waals surface area contributed by atoms with Crippen molar-refractivity contribution in [3.63, 3.8) is 0 Å². The minimum absolute atomic E-state index is 0.304. The maximum absolute atomic E-state index is 8.77. The highest BCUT2D eigenvalue weighted by Crippen LogP contribution is 2.41. The zero-order valence-corrected chi connectivity index (χ0v) is 12.0. The Morgan fingerprint density at radius 1 is 1.05 bits per heavy atom. The summed E-state index contributed by atoms with van der Waals surface area (Å²) in [5.74, 6) is -1.40. The number of hydrogen-bond acceptors (Lipinski definition) is 6. The Hall–Kier alpha value is -0.890. The summed E-state index contributed by atoms with van der Waals surface area (Å²) in [6.07, 6.45) is -1.70. The average Bonchev–Trinajstić information content (AvgIpc) is 2.91. The lowest BCUT2D eigenvalue weighted by atomic mass is 10.0. The number of rotatable bonds is 2. The second kappa shape index (κ2) is 4.56. The van der Waals surface area contributed by atoms with Gasteiger partial charge in [0.25, 0.3) is 0 Å². The first-order valence-electron chi connectivity index (χ1n) is 6.68. The minimum Gasteiger partial charge on any atom is -0.348 e. The molecule has 0 saturated carbocycles. The van der Waals surface area contributed by atoms with Gasteiger partial charge < -0.3 is 23.7 Å². The van der Waals surface area contributed by atoms with Crippen molar-refractivity contribution in [1.29, 1.82) is 0 Å². The number of azide groups is 1. The van der Waals surface area contributed by atoms with E-state index in [0.717, 1.165) is 0 Å². The molecular formula is C12H19N3O5. The van der Waals surface area contributed by atoms with Crippen LogP contribution in [0.15, 0.2) is 5.11 Å². The summed E-state index contributed by atoms with van der Waals surface area (Å²) in [6.45, 7) is 7.66. The smallest absolute Gasteiger partial charge is 0.188 e. The van der Waals surface area contributed by atoms with Crippen LogP contribution >= 0.6 is 0 Å². The third-order valence-corrected chi connectivity index (χ3v) is 3.63. The van der Waals surface area contributed by atoms with Crippen molar-refractivity contribution in [3.8, 4) is 0 Å². The van der Waals surface area contributed by atoms with Crippen LogP contribution in [-0.4, -0.2) is 48.8 Å². The average molecular weight is 285 g/mol. The first-order chi connectivity index (χ1) is 9.31. The Morgan fingerprint density at radius 3 is 2.40 bits per heavy atom. The molecule has 5 atom stereocenters. The fourth-order valence-corrected chi connectivity index (χ4v) is 2.89. The fourth-order valence-electron chi connectivity index (χ4n) is 2.89. The molecule has 3 rings (SSSR count). The predicted octanol–water partition coefficient (Wildman–Crippen LogP) is 1.69. The second-order valence-corrected chi connectivity index (χ2v) is 6.13. The largest absolute Gasteiger partial charge is 0.348 e. The van der Waals surface area contributed by atoms with Gasteiger partial charge in [0.2, 0.25) is 0 Å². The molecule has 0 N–H and O–H groups in total. The lowest BCUT2D eigenvalue weighted by molar-refractivity contribution is -0.222. The van der Waals surface area contributed by atoms with Gasteiger partial charge in [-0.15, -0.1) is 0 Å². The summed E-state index contributed by atoms with van der Waals surface area (Å²) in [5.41, 5.74) is 8.77. The van der Waals surface area contributed by atoms with E-state index in [1.807, 2.05) is 13.8 Å². The molecule has 0 bridgehead atoms. The van der Waals surface area contributed by atoms with Crippen LogP contribution in [0.2, 0.25) is 0 Å². The maximum atomic E-state index is 8.77. The van der Waals surface area contributed by atoms with Gasteiger partial charge >= 0.3 is 0 Å². The third-order valence-electron chi connectivity index (χ3n) is 3.63. The number of ether oxygens (including phenoxy) is 5. The van der Waals surface area contributed by atoms with Crippen molar-refractivity contribution in [2.45, 2.75) is 69.9 Å². The molecule has 8 nitrogen and oxygen atoms in total. The molecule has 8 heteroatoms. The molecule has 0 aromatic heterocycles. The molecule has 20 heavy (non-hydrogen) atoms. The molecule has 0 amide bonds. The van der Waals surface area contributed by atoms with Crippen molar-refractivity contribution in [3.05, 3.63) is 10.4 Å². The summed E-state index contributed by atoms with van der Waals surface area (Å²) in [7, 11) is 0. The summed E-state index contributed by atoms with van der Waals surface area (Å²) < 4.78 is 28.6. The minimum atomic E-state index is -0.740. The summed E-state index contributed by atoms with van der Waals surface area (Å²) >= 11 is 0. The topological polar surface area (TPSA) is 94.9 Å².